The summed E-state index contributed by atoms with van der Waals surface area (Å²) in [6.07, 6.45) is 0.791. The molecule has 1 aromatic heterocycles. The van der Waals surface area contributed by atoms with Crippen LogP contribution in [0, 0.1) is 0 Å². The van der Waals surface area contributed by atoms with E-state index in [1.807, 2.05) is 0 Å². The zero-order valence-electron chi connectivity index (χ0n) is 5.33. The van der Waals surface area contributed by atoms with Gasteiger partial charge in [-0.25, -0.2) is 4.79 Å². The molecule has 10 heavy (non-hydrogen) atoms. The first-order valence-electron chi connectivity index (χ1n) is 2.58. The van der Waals surface area contributed by atoms with Gasteiger partial charge in [-0.05, 0) is 0 Å². The van der Waals surface area contributed by atoms with Crippen LogP contribution in [-0.2, 0) is 4.74 Å². The van der Waals surface area contributed by atoms with Gasteiger partial charge in [0, 0.05) is 6.07 Å². The Hall–Kier alpha value is -1.52. The van der Waals surface area contributed by atoms with Crippen molar-refractivity contribution in [2.75, 3.05) is 12.4 Å². The van der Waals surface area contributed by atoms with Crippen molar-refractivity contribution in [1.29, 1.82) is 0 Å². The van der Waals surface area contributed by atoms with E-state index in [0.29, 0.717) is 5.82 Å². The zero-order chi connectivity index (χ0) is 7.40. The monoisotopic (exact) mass is 142 g/mol. The molecular weight excluding hydrogens is 136 g/mol. The topological polar surface area (TPSA) is 64.4 Å². The van der Waals surface area contributed by atoms with Crippen LogP contribution in [-0.4, -0.2) is 18.4 Å². The highest BCUT2D eigenvalue weighted by molar-refractivity contribution is 5.82. The third-order valence-electron chi connectivity index (χ3n) is 0.853. The van der Waals surface area contributed by atoms with E-state index in [2.05, 4.69) is 19.7 Å². The number of nitrogens with one attached hydrogen (secondary N) is 1. The van der Waals surface area contributed by atoms with E-state index in [1.165, 1.54) is 19.4 Å². The first kappa shape index (κ1) is 6.60. The number of rotatable bonds is 1. The molecule has 0 radical (unpaired) electrons. The standard InChI is InChI=1S/C5H6N2O3/c1-9-5(8)6-4-2-3-10-7-4/h2-3H,1H3,(H,6,7,8). The predicted molar refractivity (Wildman–Crippen MR) is 32.5 cm³/mol. The molecule has 1 heterocycles. The molecule has 0 fully saturated rings. The molecule has 0 aliphatic rings. The second-order valence-corrected chi connectivity index (χ2v) is 1.50. The first-order chi connectivity index (χ1) is 4.83. The summed E-state index contributed by atoms with van der Waals surface area (Å²) in [5.74, 6) is 0.340. The van der Waals surface area contributed by atoms with Gasteiger partial charge in [-0.15, -0.1) is 0 Å². The lowest BCUT2D eigenvalue weighted by Crippen LogP contribution is -2.10. The van der Waals surface area contributed by atoms with E-state index in [9.17, 15) is 4.79 Å². The summed E-state index contributed by atoms with van der Waals surface area (Å²) in [5, 5.41) is 5.72. The lowest BCUT2D eigenvalue weighted by Gasteiger charge is -1.95. The number of aromatic nitrogens is 1. The molecule has 0 aromatic carbocycles. The maximum Gasteiger partial charge on any atom is 0.412 e. The van der Waals surface area contributed by atoms with Crippen LogP contribution in [0.2, 0.25) is 0 Å². The maximum atomic E-state index is 10.5. The molecule has 0 saturated heterocycles. The molecule has 0 atom stereocenters. The minimum absolute atomic E-state index is 0.340. The van der Waals surface area contributed by atoms with Gasteiger partial charge in [0.05, 0.1) is 7.11 Å². The molecule has 0 aliphatic carbocycles. The fourth-order valence-corrected chi connectivity index (χ4v) is 0.433. The lowest BCUT2D eigenvalue weighted by molar-refractivity contribution is 0.186. The summed E-state index contributed by atoms with van der Waals surface area (Å²) in [5.41, 5.74) is 0. The molecule has 1 rings (SSSR count). The van der Waals surface area contributed by atoms with Gasteiger partial charge in [-0.3, -0.25) is 5.32 Å². The minimum Gasteiger partial charge on any atom is -0.453 e. The molecule has 1 N–H and O–H groups in total. The predicted octanol–water partition coefficient (Wildman–Crippen LogP) is 0.853. The molecule has 0 bridgehead atoms. The quantitative estimate of drug-likeness (QED) is 0.631. The number of hydrogen-bond acceptors (Lipinski definition) is 4. The second-order valence-electron chi connectivity index (χ2n) is 1.50. The Morgan fingerprint density at radius 1 is 1.90 bits per heavy atom. The minimum atomic E-state index is -0.561. The summed E-state index contributed by atoms with van der Waals surface area (Å²) >= 11 is 0. The largest absolute Gasteiger partial charge is 0.453 e. The molecule has 5 nitrogen and oxygen atoms in total. The van der Waals surface area contributed by atoms with Gasteiger partial charge in [0.2, 0.25) is 0 Å². The molecule has 54 valence electrons. The van der Waals surface area contributed by atoms with E-state index in [0.717, 1.165) is 0 Å². The van der Waals surface area contributed by atoms with Crippen molar-refractivity contribution in [1.82, 2.24) is 5.16 Å². The van der Waals surface area contributed by atoms with Gasteiger partial charge in [-0.2, -0.15) is 0 Å². The summed E-state index contributed by atoms with van der Waals surface area (Å²) < 4.78 is 8.73. The highest BCUT2D eigenvalue weighted by atomic mass is 16.5. The van der Waals surface area contributed by atoms with E-state index in [1.54, 1.807) is 0 Å². The van der Waals surface area contributed by atoms with Crippen LogP contribution in [0.25, 0.3) is 0 Å². The van der Waals surface area contributed by atoms with Gasteiger partial charge in [0.15, 0.2) is 5.82 Å². The van der Waals surface area contributed by atoms with E-state index in [4.69, 9.17) is 0 Å². The molecule has 0 aliphatic heterocycles. The fourth-order valence-electron chi connectivity index (χ4n) is 0.433. The number of methoxy groups -OCH3 is 1. The summed E-state index contributed by atoms with van der Waals surface area (Å²) in [6, 6.07) is 1.51. The van der Waals surface area contributed by atoms with Crippen LogP contribution in [0.15, 0.2) is 16.9 Å². The number of amides is 1. The Morgan fingerprint density at radius 2 is 2.70 bits per heavy atom. The molecular formula is C5H6N2O3. The lowest BCUT2D eigenvalue weighted by atomic mass is 10.6. The number of nitrogens with zero attached hydrogens (tertiary/aromatic N) is 1. The second kappa shape index (κ2) is 2.86. The maximum absolute atomic E-state index is 10.5. The van der Waals surface area contributed by atoms with Crippen LogP contribution in [0.4, 0.5) is 10.6 Å². The summed E-state index contributed by atoms with van der Waals surface area (Å²) in [4.78, 5) is 10.5. The number of carbonyl (C=O) groups excluding carboxylic acids is 1. The van der Waals surface area contributed by atoms with Gasteiger partial charge in [0.25, 0.3) is 0 Å². The molecule has 1 aromatic rings. The summed E-state index contributed by atoms with van der Waals surface area (Å²) in [7, 11) is 1.27. The first-order valence-corrected chi connectivity index (χ1v) is 2.58. The van der Waals surface area contributed by atoms with Crippen molar-refractivity contribution in [2.45, 2.75) is 0 Å². The molecule has 0 saturated carbocycles. The highest BCUT2D eigenvalue weighted by Crippen LogP contribution is 2.00. The van der Waals surface area contributed by atoms with Crippen molar-refractivity contribution in [3.05, 3.63) is 12.3 Å². The van der Waals surface area contributed by atoms with Crippen molar-refractivity contribution in [3.8, 4) is 0 Å². The Kier molecular flexibility index (Phi) is 1.89. The van der Waals surface area contributed by atoms with Crippen LogP contribution >= 0.6 is 0 Å². The van der Waals surface area contributed by atoms with Crippen LogP contribution in [0.1, 0.15) is 0 Å². The smallest absolute Gasteiger partial charge is 0.412 e. The number of ether oxygens (including phenoxy) is 1. The SMILES string of the molecule is COC(=O)Nc1ccon1. The van der Waals surface area contributed by atoms with E-state index in [-0.39, 0.29) is 0 Å². The van der Waals surface area contributed by atoms with Crippen LogP contribution in [0.3, 0.4) is 0 Å². The average Bonchev–Trinajstić information content (AvgIpc) is 2.40. The third kappa shape index (κ3) is 1.48. The molecule has 0 spiro atoms. The number of anilines is 1. The Morgan fingerprint density at radius 3 is 3.20 bits per heavy atom. The van der Waals surface area contributed by atoms with E-state index >= 15 is 0 Å². The number of hydrogen-bond donors (Lipinski definition) is 1. The Labute approximate surface area is 57.0 Å². The molecule has 0 unspecified atom stereocenters. The van der Waals surface area contributed by atoms with Gasteiger partial charge < -0.3 is 9.26 Å². The highest BCUT2D eigenvalue weighted by Gasteiger charge is 2.00. The van der Waals surface area contributed by atoms with Crippen molar-refractivity contribution in [2.24, 2.45) is 0 Å². The van der Waals surface area contributed by atoms with Crippen molar-refractivity contribution < 1.29 is 14.1 Å². The molecule has 1 amide bonds. The van der Waals surface area contributed by atoms with Crippen molar-refractivity contribution in [3.63, 3.8) is 0 Å². The Bertz CT molecular complexity index is 207. The summed E-state index contributed by atoms with van der Waals surface area (Å²) in [6.45, 7) is 0. The van der Waals surface area contributed by atoms with Crippen LogP contribution in [0.5, 0.6) is 0 Å². The van der Waals surface area contributed by atoms with Gasteiger partial charge >= 0.3 is 6.09 Å². The zero-order valence-corrected chi connectivity index (χ0v) is 5.33. The van der Waals surface area contributed by atoms with Crippen LogP contribution < -0.4 is 5.32 Å². The normalized spacial score (nSPS) is 8.90. The van der Waals surface area contributed by atoms with Gasteiger partial charge in [0.1, 0.15) is 6.26 Å². The van der Waals surface area contributed by atoms with Crippen molar-refractivity contribution >= 4 is 11.9 Å². The third-order valence-corrected chi connectivity index (χ3v) is 0.853. The number of carbonyl (C=O) groups is 1. The van der Waals surface area contributed by atoms with E-state index < -0.39 is 6.09 Å². The Balaban J connectivity index is 2.48. The molecule has 5 heteroatoms. The fraction of sp³-hybridized carbons (Fsp3) is 0.200. The average molecular weight is 142 g/mol. The van der Waals surface area contributed by atoms with Gasteiger partial charge in [-0.1, -0.05) is 5.16 Å².